The van der Waals surface area contributed by atoms with Gasteiger partial charge >= 0.3 is 0 Å². The highest BCUT2D eigenvalue weighted by Gasteiger charge is 2.16. The number of nitrogens with zero attached hydrogens (tertiary/aromatic N) is 2. The molecule has 0 atom stereocenters. The van der Waals surface area contributed by atoms with Crippen molar-refractivity contribution in [3.63, 3.8) is 0 Å². The zero-order valence-corrected chi connectivity index (χ0v) is 18.2. The van der Waals surface area contributed by atoms with Gasteiger partial charge in [0.05, 0.1) is 18.4 Å². The summed E-state index contributed by atoms with van der Waals surface area (Å²) in [4.78, 5) is 19.0. The van der Waals surface area contributed by atoms with E-state index in [2.05, 4.69) is 24.0 Å². The fourth-order valence-corrected chi connectivity index (χ4v) is 3.68. The van der Waals surface area contributed by atoms with Crippen LogP contribution in [0, 0.1) is 0 Å². The molecular formula is C26H38N2O. The Bertz CT molecular complexity index is 657. The summed E-state index contributed by atoms with van der Waals surface area (Å²) in [5.74, 6) is 0.192. The fourth-order valence-electron chi connectivity index (χ4n) is 3.68. The summed E-state index contributed by atoms with van der Waals surface area (Å²) in [7, 11) is 0. The van der Waals surface area contributed by atoms with E-state index in [0.29, 0.717) is 13.0 Å². The van der Waals surface area contributed by atoms with E-state index in [9.17, 15) is 4.79 Å². The van der Waals surface area contributed by atoms with Crippen molar-refractivity contribution in [1.29, 1.82) is 0 Å². The molecule has 2 rings (SSSR count). The highest BCUT2D eigenvalue weighted by atomic mass is 16.2. The van der Waals surface area contributed by atoms with Crippen LogP contribution in [0.3, 0.4) is 0 Å². The summed E-state index contributed by atoms with van der Waals surface area (Å²) in [6.45, 7) is 2.87. The first-order chi connectivity index (χ1) is 14.3. The lowest BCUT2D eigenvalue weighted by atomic mass is 10.0. The third-order valence-electron chi connectivity index (χ3n) is 5.44. The molecule has 0 radical (unpaired) electrons. The van der Waals surface area contributed by atoms with Crippen molar-refractivity contribution in [2.75, 3.05) is 4.90 Å². The molecule has 0 spiro atoms. The van der Waals surface area contributed by atoms with Crippen LogP contribution in [0.4, 0.5) is 5.69 Å². The Labute approximate surface area is 177 Å². The second-order valence-corrected chi connectivity index (χ2v) is 7.96. The minimum atomic E-state index is 0.192. The van der Waals surface area contributed by atoms with E-state index in [0.717, 1.165) is 24.1 Å². The van der Waals surface area contributed by atoms with Crippen molar-refractivity contribution in [3.05, 3.63) is 60.4 Å². The minimum absolute atomic E-state index is 0.192. The predicted octanol–water partition coefficient (Wildman–Crippen LogP) is 7.32. The first-order valence-electron chi connectivity index (χ1n) is 11.6. The molecule has 0 aliphatic rings. The molecule has 0 saturated heterocycles. The summed E-state index contributed by atoms with van der Waals surface area (Å²) in [6.07, 6.45) is 18.4. The average Bonchev–Trinajstić information content (AvgIpc) is 2.77. The van der Waals surface area contributed by atoms with E-state index in [1.54, 1.807) is 12.4 Å². The van der Waals surface area contributed by atoms with Crippen LogP contribution in [0.5, 0.6) is 0 Å². The number of hydrogen-bond donors (Lipinski definition) is 0. The van der Waals surface area contributed by atoms with Gasteiger partial charge in [0, 0.05) is 12.6 Å². The number of rotatable bonds is 15. The van der Waals surface area contributed by atoms with E-state index in [-0.39, 0.29) is 5.91 Å². The largest absolute Gasteiger partial charge is 0.306 e. The molecule has 158 valence electrons. The number of pyridine rings is 1. The summed E-state index contributed by atoms with van der Waals surface area (Å²) in [5.41, 5.74) is 2.02. The Morgan fingerprint density at radius 1 is 0.793 bits per heavy atom. The molecule has 1 aromatic heterocycles. The Morgan fingerprint density at radius 3 is 2.00 bits per heavy atom. The monoisotopic (exact) mass is 394 g/mol. The van der Waals surface area contributed by atoms with Crippen LogP contribution >= 0.6 is 0 Å². The van der Waals surface area contributed by atoms with Crippen LogP contribution in [-0.2, 0) is 11.3 Å². The van der Waals surface area contributed by atoms with Crippen molar-refractivity contribution in [3.8, 4) is 0 Å². The fraction of sp³-hybridized carbons (Fsp3) is 0.538. The SMILES string of the molecule is CCCCCCCCCCCCCC(=O)N(Cc1ccccc1)c1cccnc1. The molecule has 2 aromatic rings. The van der Waals surface area contributed by atoms with Gasteiger partial charge in [-0.05, 0) is 24.1 Å². The standard InChI is InChI=1S/C26H38N2O/c1-2-3-4-5-6-7-8-9-10-11-15-20-26(29)28(25-19-16-21-27-22-25)23-24-17-13-12-14-18-24/h12-14,16-19,21-22H,2-11,15,20,23H2,1H3. The Morgan fingerprint density at radius 2 is 1.41 bits per heavy atom. The maximum atomic E-state index is 12.9. The topological polar surface area (TPSA) is 33.2 Å². The first-order valence-corrected chi connectivity index (χ1v) is 11.6. The molecule has 29 heavy (non-hydrogen) atoms. The van der Waals surface area contributed by atoms with Gasteiger partial charge in [-0.15, -0.1) is 0 Å². The van der Waals surface area contributed by atoms with Gasteiger partial charge in [-0.2, -0.15) is 0 Å². The van der Waals surface area contributed by atoms with Crippen molar-refractivity contribution in [2.45, 2.75) is 90.5 Å². The lowest BCUT2D eigenvalue weighted by Crippen LogP contribution is -2.30. The van der Waals surface area contributed by atoms with E-state index < -0.39 is 0 Å². The highest BCUT2D eigenvalue weighted by molar-refractivity contribution is 5.93. The van der Waals surface area contributed by atoms with Crippen LogP contribution in [-0.4, -0.2) is 10.9 Å². The number of unbranched alkanes of at least 4 members (excludes halogenated alkanes) is 10. The van der Waals surface area contributed by atoms with Crippen LogP contribution in [0.1, 0.15) is 89.5 Å². The lowest BCUT2D eigenvalue weighted by Gasteiger charge is -2.22. The van der Waals surface area contributed by atoms with Gasteiger partial charge in [0.25, 0.3) is 0 Å². The van der Waals surface area contributed by atoms with Crippen LogP contribution in [0.2, 0.25) is 0 Å². The molecule has 0 aliphatic carbocycles. The highest BCUT2D eigenvalue weighted by Crippen LogP contribution is 2.19. The van der Waals surface area contributed by atoms with Crippen LogP contribution in [0.15, 0.2) is 54.9 Å². The minimum Gasteiger partial charge on any atom is -0.306 e. The van der Waals surface area contributed by atoms with E-state index in [1.165, 1.54) is 57.8 Å². The van der Waals surface area contributed by atoms with Gasteiger partial charge in [0.2, 0.25) is 5.91 Å². The van der Waals surface area contributed by atoms with E-state index in [4.69, 9.17) is 0 Å². The number of amides is 1. The van der Waals surface area contributed by atoms with Crippen LogP contribution in [0.25, 0.3) is 0 Å². The Balaban J connectivity index is 1.68. The van der Waals surface area contributed by atoms with Gasteiger partial charge < -0.3 is 4.90 Å². The summed E-state index contributed by atoms with van der Waals surface area (Å²) in [6, 6.07) is 14.0. The second-order valence-electron chi connectivity index (χ2n) is 7.96. The van der Waals surface area contributed by atoms with Gasteiger partial charge in [-0.1, -0.05) is 101 Å². The molecule has 1 amide bonds. The average molecular weight is 395 g/mol. The van der Waals surface area contributed by atoms with Crippen molar-refractivity contribution in [1.82, 2.24) is 4.98 Å². The predicted molar refractivity (Wildman–Crippen MR) is 123 cm³/mol. The van der Waals surface area contributed by atoms with Gasteiger partial charge in [0.1, 0.15) is 0 Å². The number of hydrogen-bond acceptors (Lipinski definition) is 2. The zero-order valence-electron chi connectivity index (χ0n) is 18.2. The molecule has 0 unspecified atom stereocenters. The third kappa shape index (κ3) is 9.74. The van der Waals surface area contributed by atoms with E-state index >= 15 is 0 Å². The Kier molecular flexibility index (Phi) is 11.8. The number of aromatic nitrogens is 1. The molecule has 0 saturated carbocycles. The molecule has 0 N–H and O–H groups in total. The van der Waals surface area contributed by atoms with E-state index in [1.807, 2.05) is 35.2 Å². The molecule has 0 bridgehead atoms. The Hall–Kier alpha value is -2.16. The number of benzene rings is 1. The maximum absolute atomic E-state index is 12.9. The molecule has 0 aliphatic heterocycles. The van der Waals surface area contributed by atoms with Crippen molar-refractivity contribution in [2.24, 2.45) is 0 Å². The normalized spacial score (nSPS) is 10.8. The molecule has 1 heterocycles. The molecular weight excluding hydrogens is 356 g/mol. The van der Waals surface area contributed by atoms with Crippen molar-refractivity contribution >= 4 is 11.6 Å². The summed E-state index contributed by atoms with van der Waals surface area (Å²) >= 11 is 0. The maximum Gasteiger partial charge on any atom is 0.227 e. The lowest BCUT2D eigenvalue weighted by molar-refractivity contribution is -0.118. The quantitative estimate of drug-likeness (QED) is 0.297. The summed E-state index contributed by atoms with van der Waals surface area (Å²) in [5, 5.41) is 0. The molecule has 0 fully saturated rings. The van der Waals surface area contributed by atoms with Gasteiger partial charge in [-0.25, -0.2) is 0 Å². The smallest absolute Gasteiger partial charge is 0.227 e. The number of carbonyl (C=O) groups excluding carboxylic acids is 1. The third-order valence-corrected chi connectivity index (χ3v) is 5.44. The molecule has 1 aromatic carbocycles. The second kappa shape index (κ2) is 14.8. The van der Waals surface area contributed by atoms with Gasteiger partial charge in [0.15, 0.2) is 0 Å². The number of carbonyl (C=O) groups is 1. The molecule has 3 heteroatoms. The van der Waals surface area contributed by atoms with Crippen molar-refractivity contribution < 1.29 is 4.79 Å². The zero-order chi connectivity index (χ0) is 20.6. The van der Waals surface area contributed by atoms with Gasteiger partial charge in [-0.3, -0.25) is 9.78 Å². The van der Waals surface area contributed by atoms with Crippen LogP contribution < -0.4 is 4.90 Å². The molecule has 3 nitrogen and oxygen atoms in total. The number of anilines is 1. The summed E-state index contributed by atoms with van der Waals surface area (Å²) < 4.78 is 0. The first kappa shape index (κ1) is 23.1.